The average Bonchev–Trinajstić information content (AvgIpc) is 2.19. The summed E-state index contributed by atoms with van der Waals surface area (Å²) in [5, 5.41) is 10.6. The van der Waals surface area contributed by atoms with Crippen LogP contribution >= 0.6 is 0 Å². The summed E-state index contributed by atoms with van der Waals surface area (Å²) in [7, 11) is 0. The fourth-order valence-corrected chi connectivity index (χ4v) is 1.53. The topological polar surface area (TPSA) is 86.5 Å². The first-order valence-electron chi connectivity index (χ1n) is 4.51. The van der Waals surface area contributed by atoms with Crippen molar-refractivity contribution < 1.29 is 19.2 Å². The molecule has 16 heavy (non-hydrogen) atoms. The maximum Gasteiger partial charge on any atom is 0.395 e. The standard InChI is InChI=1S/C10H7NO5/c1-5-2-3-7-6(4-5)9(12)8(11(14)15)10(13)16-7/h2-4,8H,1H3/t8-/m0/s1. The van der Waals surface area contributed by atoms with Crippen molar-refractivity contribution in [1.82, 2.24) is 0 Å². The highest BCUT2D eigenvalue weighted by atomic mass is 16.6. The number of nitrogens with zero attached hydrogens (tertiary/aromatic N) is 1. The Balaban J connectivity index is 2.55. The number of carbonyl (C=O) groups excluding carboxylic acids is 2. The number of hydrogen-bond donors (Lipinski definition) is 0. The Morgan fingerprint density at radius 3 is 2.69 bits per heavy atom. The molecule has 0 unspecified atom stereocenters. The summed E-state index contributed by atoms with van der Waals surface area (Å²) in [5.74, 6) is -1.87. The number of nitro groups is 1. The van der Waals surface area contributed by atoms with Crippen LogP contribution in [0.4, 0.5) is 0 Å². The Morgan fingerprint density at radius 1 is 1.38 bits per heavy atom. The molecule has 0 radical (unpaired) electrons. The third kappa shape index (κ3) is 1.44. The van der Waals surface area contributed by atoms with Crippen molar-refractivity contribution in [1.29, 1.82) is 0 Å². The molecule has 0 saturated carbocycles. The molecule has 0 amide bonds. The molecule has 1 atom stereocenters. The Hall–Kier alpha value is -2.24. The van der Waals surface area contributed by atoms with Crippen molar-refractivity contribution in [2.45, 2.75) is 13.0 Å². The summed E-state index contributed by atoms with van der Waals surface area (Å²) in [4.78, 5) is 32.5. The molecule has 1 heterocycles. The highest BCUT2D eigenvalue weighted by Crippen LogP contribution is 2.27. The molecule has 0 aromatic heterocycles. The second-order valence-electron chi connectivity index (χ2n) is 3.47. The molecule has 82 valence electrons. The number of fused-ring (bicyclic) bond motifs is 1. The quantitative estimate of drug-likeness (QED) is 0.229. The van der Waals surface area contributed by atoms with Gasteiger partial charge in [-0.2, -0.15) is 0 Å². The number of Topliss-reactive ketones (excluding diaryl/α,β-unsaturated/α-hetero) is 1. The maximum atomic E-state index is 11.7. The smallest absolute Gasteiger partial charge is 0.395 e. The number of rotatable bonds is 1. The Kier molecular flexibility index (Phi) is 2.19. The van der Waals surface area contributed by atoms with E-state index in [9.17, 15) is 19.7 Å². The number of ether oxygens (including phenoxy) is 1. The van der Waals surface area contributed by atoms with Crippen LogP contribution in [0.5, 0.6) is 5.75 Å². The van der Waals surface area contributed by atoms with E-state index in [1.165, 1.54) is 12.1 Å². The molecule has 6 heteroatoms. The van der Waals surface area contributed by atoms with Gasteiger partial charge in [0.05, 0.1) is 5.56 Å². The third-order valence-electron chi connectivity index (χ3n) is 2.29. The first kappa shape index (κ1) is 10.3. The van der Waals surface area contributed by atoms with Crippen LogP contribution in [0.2, 0.25) is 0 Å². The summed E-state index contributed by atoms with van der Waals surface area (Å²) >= 11 is 0. The van der Waals surface area contributed by atoms with Gasteiger partial charge in [-0.15, -0.1) is 0 Å². The van der Waals surface area contributed by atoms with Gasteiger partial charge < -0.3 is 4.74 Å². The highest BCUT2D eigenvalue weighted by molar-refractivity contribution is 6.15. The number of carbonyl (C=O) groups is 2. The molecular weight excluding hydrogens is 214 g/mol. The number of hydrogen-bond acceptors (Lipinski definition) is 5. The molecule has 6 nitrogen and oxygen atoms in total. The summed E-state index contributed by atoms with van der Waals surface area (Å²) in [6, 6.07) is 2.65. The van der Waals surface area contributed by atoms with E-state index in [0.717, 1.165) is 5.56 Å². The SMILES string of the molecule is Cc1ccc2c(c1)C(=O)[C@H]([N+](=O)[O-])C(=O)O2. The van der Waals surface area contributed by atoms with Gasteiger partial charge in [-0.1, -0.05) is 11.6 Å². The minimum absolute atomic E-state index is 0.0821. The van der Waals surface area contributed by atoms with Gasteiger partial charge in [0, 0.05) is 4.92 Å². The molecule has 0 bridgehead atoms. The van der Waals surface area contributed by atoms with Gasteiger partial charge in [-0.3, -0.25) is 14.9 Å². The van der Waals surface area contributed by atoms with Crippen LogP contribution in [0, 0.1) is 17.0 Å². The van der Waals surface area contributed by atoms with Crippen molar-refractivity contribution in [2.24, 2.45) is 0 Å². The van der Waals surface area contributed by atoms with Crippen LogP contribution in [0.25, 0.3) is 0 Å². The number of benzene rings is 1. The van der Waals surface area contributed by atoms with Crippen molar-refractivity contribution >= 4 is 11.8 Å². The first-order valence-corrected chi connectivity index (χ1v) is 4.51. The molecule has 0 N–H and O–H groups in total. The van der Waals surface area contributed by atoms with Crippen molar-refractivity contribution in [3.63, 3.8) is 0 Å². The van der Waals surface area contributed by atoms with Crippen LogP contribution in [0.1, 0.15) is 15.9 Å². The molecule has 1 aromatic carbocycles. The third-order valence-corrected chi connectivity index (χ3v) is 2.29. The molecule has 0 aliphatic carbocycles. The Morgan fingerprint density at radius 2 is 2.06 bits per heavy atom. The van der Waals surface area contributed by atoms with Gasteiger partial charge >= 0.3 is 12.0 Å². The largest absolute Gasteiger partial charge is 0.420 e. The number of esters is 1. The normalized spacial score (nSPS) is 18.9. The van der Waals surface area contributed by atoms with Crippen molar-refractivity contribution in [2.75, 3.05) is 0 Å². The highest BCUT2D eigenvalue weighted by Gasteiger charge is 2.45. The molecule has 0 saturated heterocycles. The van der Waals surface area contributed by atoms with E-state index < -0.39 is 22.7 Å². The van der Waals surface area contributed by atoms with E-state index in [0.29, 0.717) is 0 Å². The van der Waals surface area contributed by atoms with E-state index >= 15 is 0 Å². The van der Waals surface area contributed by atoms with E-state index in [1.807, 2.05) is 0 Å². The van der Waals surface area contributed by atoms with Gasteiger partial charge in [0.2, 0.25) is 0 Å². The van der Waals surface area contributed by atoms with Gasteiger partial charge in [-0.05, 0) is 19.1 Å². The Bertz CT molecular complexity index is 508. The van der Waals surface area contributed by atoms with Crippen LogP contribution in [0.3, 0.4) is 0 Å². The average molecular weight is 221 g/mol. The zero-order valence-electron chi connectivity index (χ0n) is 8.30. The minimum atomic E-state index is -1.94. The van der Waals surface area contributed by atoms with Gasteiger partial charge in [0.25, 0.3) is 5.78 Å². The molecule has 1 aromatic rings. The maximum absolute atomic E-state index is 11.7. The second-order valence-corrected chi connectivity index (χ2v) is 3.47. The predicted molar refractivity (Wildman–Crippen MR) is 51.9 cm³/mol. The van der Waals surface area contributed by atoms with Crippen LogP contribution in [0.15, 0.2) is 18.2 Å². The van der Waals surface area contributed by atoms with Crippen molar-refractivity contribution in [3.05, 3.63) is 39.4 Å². The summed E-state index contributed by atoms with van der Waals surface area (Å²) in [6.07, 6.45) is 0. The lowest BCUT2D eigenvalue weighted by Gasteiger charge is -2.17. The summed E-state index contributed by atoms with van der Waals surface area (Å²) < 4.78 is 4.73. The van der Waals surface area contributed by atoms with E-state index in [4.69, 9.17) is 4.74 Å². The van der Waals surface area contributed by atoms with Crippen LogP contribution < -0.4 is 4.74 Å². The lowest BCUT2D eigenvalue weighted by molar-refractivity contribution is -0.493. The molecular formula is C10H7NO5. The van der Waals surface area contributed by atoms with Gasteiger partial charge in [-0.25, -0.2) is 4.79 Å². The zero-order valence-corrected chi connectivity index (χ0v) is 8.30. The summed E-state index contributed by atoms with van der Waals surface area (Å²) in [5.41, 5.74) is 0.855. The molecule has 0 spiro atoms. The van der Waals surface area contributed by atoms with E-state index in [-0.39, 0.29) is 11.3 Å². The van der Waals surface area contributed by atoms with Crippen LogP contribution in [-0.2, 0) is 4.79 Å². The van der Waals surface area contributed by atoms with Crippen molar-refractivity contribution in [3.8, 4) is 5.75 Å². The molecule has 2 rings (SSSR count). The fourth-order valence-electron chi connectivity index (χ4n) is 1.53. The summed E-state index contributed by atoms with van der Waals surface area (Å²) in [6.45, 7) is 1.74. The number of ketones is 1. The van der Waals surface area contributed by atoms with E-state index in [2.05, 4.69) is 0 Å². The van der Waals surface area contributed by atoms with Gasteiger partial charge in [0.15, 0.2) is 0 Å². The minimum Gasteiger partial charge on any atom is -0.420 e. The zero-order chi connectivity index (χ0) is 11.9. The van der Waals surface area contributed by atoms with E-state index in [1.54, 1.807) is 13.0 Å². The monoisotopic (exact) mass is 221 g/mol. The number of aryl methyl sites for hydroxylation is 1. The predicted octanol–water partition coefficient (Wildman–Crippen LogP) is 0.742. The van der Waals surface area contributed by atoms with Crippen LogP contribution in [-0.4, -0.2) is 22.7 Å². The lowest BCUT2D eigenvalue weighted by atomic mass is 9.99. The molecule has 1 aliphatic heterocycles. The lowest BCUT2D eigenvalue weighted by Crippen LogP contribution is -2.43. The second kappa shape index (κ2) is 3.41. The Labute approximate surface area is 90.0 Å². The van der Waals surface area contributed by atoms with Gasteiger partial charge in [0.1, 0.15) is 5.75 Å². The molecule has 0 fully saturated rings. The fraction of sp³-hybridized carbons (Fsp3) is 0.200. The first-order chi connectivity index (χ1) is 7.50. The molecule has 1 aliphatic rings.